The quantitative estimate of drug-likeness (QED) is 0.229. The van der Waals surface area contributed by atoms with Crippen LogP contribution in [0.5, 0.6) is 0 Å². The van der Waals surface area contributed by atoms with Gasteiger partial charge < -0.3 is 10.1 Å². The molecule has 33 heavy (non-hydrogen) atoms. The van der Waals surface area contributed by atoms with Crippen LogP contribution in [0, 0.1) is 0 Å². The van der Waals surface area contributed by atoms with Crippen LogP contribution in [0.1, 0.15) is 27.5 Å². The van der Waals surface area contributed by atoms with Gasteiger partial charge in [0.05, 0.1) is 6.04 Å². The summed E-state index contributed by atoms with van der Waals surface area (Å²) in [4.78, 5) is 26.2. The van der Waals surface area contributed by atoms with Crippen molar-refractivity contribution in [1.29, 1.82) is 0 Å². The molecular formula is C29H23NO3. The van der Waals surface area contributed by atoms with Gasteiger partial charge in [-0.3, -0.25) is 4.79 Å². The van der Waals surface area contributed by atoms with Gasteiger partial charge in [0.25, 0.3) is 5.91 Å². The van der Waals surface area contributed by atoms with Gasteiger partial charge in [0, 0.05) is 5.56 Å². The van der Waals surface area contributed by atoms with E-state index in [0.29, 0.717) is 5.56 Å². The first-order valence-electron chi connectivity index (χ1n) is 10.6. The fourth-order valence-corrected chi connectivity index (χ4v) is 3.70. The number of rotatable bonds is 7. The molecule has 0 saturated heterocycles. The summed E-state index contributed by atoms with van der Waals surface area (Å²) in [6, 6.07) is 31.1. The number of ether oxygens (including phenoxy) is 1. The van der Waals surface area contributed by atoms with Crippen molar-refractivity contribution in [2.75, 3.05) is 0 Å². The lowest BCUT2D eigenvalue weighted by Crippen LogP contribution is -2.32. The molecule has 0 heterocycles. The second-order valence-electron chi connectivity index (χ2n) is 7.49. The SMILES string of the molecule is C=C=C(C(=O)OCc1ccccc1)[C@H](NC(=O)c1ccccc1)c1cccc2ccccc12. The molecule has 1 amide bonds. The minimum atomic E-state index is -0.787. The third-order valence-electron chi connectivity index (χ3n) is 5.36. The number of fused-ring (bicyclic) bond motifs is 1. The molecule has 0 aliphatic rings. The zero-order valence-corrected chi connectivity index (χ0v) is 18.0. The van der Waals surface area contributed by atoms with Crippen LogP contribution in [-0.4, -0.2) is 11.9 Å². The number of nitrogens with one attached hydrogen (secondary N) is 1. The summed E-state index contributed by atoms with van der Waals surface area (Å²) >= 11 is 0. The highest BCUT2D eigenvalue weighted by atomic mass is 16.5. The average Bonchev–Trinajstić information content (AvgIpc) is 2.88. The van der Waals surface area contributed by atoms with Gasteiger partial charge >= 0.3 is 5.97 Å². The molecule has 0 bridgehead atoms. The number of carbonyl (C=O) groups is 2. The Hall–Kier alpha value is -4.40. The highest BCUT2D eigenvalue weighted by Gasteiger charge is 2.27. The molecule has 0 aromatic heterocycles. The molecule has 0 fully saturated rings. The smallest absolute Gasteiger partial charge is 0.344 e. The van der Waals surface area contributed by atoms with E-state index in [4.69, 9.17) is 4.74 Å². The molecule has 1 atom stereocenters. The number of hydrogen-bond acceptors (Lipinski definition) is 3. The van der Waals surface area contributed by atoms with Crippen LogP contribution in [0.3, 0.4) is 0 Å². The molecule has 0 aliphatic heterocycles. The Bertz CT molecular complexity index is 1320. The Kier molecular flexibility index (Phi) is 6.79. The van der Waals surface area contributed by atoms with E-state index in [1.165, 1.54) is 0 Å². The Morgan fingerprint density at radius 2 is 1.45 bits per heavy atom. The second kappa shape index (κ2) is 10.3. The highest BCUT2D eigenvalue weighted by molar-refractivity contribution is 5.98. The topological polar surface area (TPSA) is 55.4 Å². The van der Waals surface area contributed by atoms with E-state index in [-0.39, 0.29) is 18.1 Å². The van der Waals surface area contributed by atoms with E-state index in [0.717, 1.165) is 21.9 Å². The first kappa shape index (κ1) is 21.8. The van der Waals surface area contributed by atoms with E-state index in [1.807, 2.05) is 78.9 Å². The van der Waals surface area contributed by atoms with Crippen molar-refractivity contribution < 1.29 is 14.3 Å². The molecule has 1 N–H and O–H groups in total. The van der Waals surface area contributed by atoms with Gasteiger partial charge in [-0.2, -0.15) is 0 Å². The van der Waals surface area contributed by atoms with Crippen LogP contribution < -0.4 is 5.32 Å². The van der Waals surface area contributed by atoms with Gasteiger partial charge in [-0.15, -0.1) is 5.73 Å². The summed E-state index contributed by atoms with van der Waals surface area (Å²) in [6.07, 6.45) is 0. The van der Waals surface area contributed by atoms with Gasteiger partial charge in [0.2, 0.25) is 0 Å². The van der Waals surface area contributed by atoms with Crippen molar-refractivity contribution in [3.05, 3.63) is 138 Å². The zero-order chi connectivity index (χ0) is 23.0. The number of hydrogen-bond donors (Lipinski definition) is 1. The molecule has 4 rings (SSSR count). The largest absolute Gasteiger partial charge is 0.457 e. The summed E-state index contributed by atoms with van der Waals surface area (Å²) in [6.45, 7) is 3.84. The van der Waals surface area contributed by atoms with Crippen molar-refractivity contribution in [3.63, 3.8) is 0 Å². The first-order valence-corrected chi connectivity index (χ1v) is 10.6. The van der Waals surface area contributed by atoms with Crippen molar-refractivity contribution >= 4 is 22.6 Å². The van der Waals surface area contributed by atoms with Crippen LogP contribution in [0.2, 0.25) is 0 Å². The van der Waals surface area contributed by atoms with Crippen LogP contribution in [0.15, 0.2) is 121 Å². The average molecular weight is 434 g/mol. The molecular weight excluding hydrogens is 410 g/mol. The maximum atomic E-state index is 13.1. The monoisotopic (exact) mass is 433 g/mol. The Balaban J connectivity index is 1.70. The molecule has 4 nitrogen and oxygen atoms in total. The molecule has 0 saturated carbocycles. The van der Waals surface area contributed by atoms with E-state index >= 15 is 0 Å². The molecule has 4 aromatic rings. The van der Waals surface area contributed by atoms with Crippen LogP contribution in [0.25, 0.3) is 10.8 Å². The van der Waals surface area contributed by atoms with Crippen molar-refractivity contribution in [2.24, 2.45) is 0 Å². The third-order valence-corrected chi connectivity index (χ3v) is 5.36. The van der Waals surface area contributed by atoms with Gasteiger partial charge in [-0.05, 0) is 34.0 Å². The molecule has 0 aliphatic carbocycles. The van der Waals surface area contributed by atoms with E-state index < -0.39 is 12.0 Å². The molecule has 4 aromatic carbocycles. The lowest BCUT2D eigenvalue weighted by Gasteiger charge is -2.22. The Morgan fingerprint density at radius 3 is 2.18 bits per heavy atom. The van der Waals surface area contributed by atoms with Crippen molar-refractivity contribution in [3.8, 4) is 0 Å². The van der Waals surface area contributed by atoms with Gasteiger partial charge in [0.1, 0.15) is 12.2 Å². The van der Waals surface area contributed by atoms with Crippen molar-refractivity contribution in [1.82, 2.24) is 5.32 Å². The predicted octanol–water partition coefficient (Wildman–Crippen LogP) is 5.77. The number of esters is 1. The number of amides is 1. The van der Waals surface area contributed by atoms with E-state index in [9.17, 15) is 9.59 Å². The van der Waals surface area contributed by atoms with Gasteiger partial charge in [-0.1, -0.05) is 97.6 Å². The normalized spacial score (nSPS) is 11.3. The lowest BCUT2D eigenvalue weighted by atomic mass is 9.93. The lowest BCUT2D eigenvalue weighted by molar-refractivity contribution is -0.140. The predicted molar refractivity (Wildman–Crippen MR) is 129 cm³/mol. The second-order valence-corrected chi connectivity index (χ2v) is 7.49. The van der Waals surface area contributed by atoms with Crippen LogP contribution >= 0.6 is 0 Å². The molecule has 0 spiro atoms. The molecule has 0 radical (unpaired) electrons. The minimum absolute atomic E-state index is 0.111. The highest BCUT2D eigenvalue weighted by Crippen LogP contribution is 2.30. The summed E-state index contributed by atoms with van der Waals surface area (Å²) in [5.74, 6) is -0.891. The number of carbonyl (C=O) groups excluding carboxylic acids is 2. The summed E-state index contributed by atoms with van der Waals surface area (Å²) in [5, 5.41) is 4.91. The Morgan fingerprint density at radius 1 is 0.818 bits per heavy atom. The standard InChI is InChI=1S/C29H23NO3/c1-2-24(29(32)33-20-21-12-5-3-6-13-21)27(30-28(31)23-15-7-4-8-16-23)26-19-11-17-22-14-9-10-18-25(22)26/h3-19,27H,1,20H2,(H,30,31)/t27-/m0/s1. The van der Waals surface area contributed by atoms with Gasteiger partial charge in [0.15, 0.2) is 0 Å². The zero-order valence-electron chi connectivity index (χ0n) is 18.0. The Labute approximate surface area is 192 Å². The van der Waals surface area contributed by atoms with Crippen LogP contribution in [0.4, 0.5) is 0 Å². The number of benzene rings is 4. The van der Waals surface area contributed by atoms with Crippen molar-refractivity contribution in [2.45, 2.75) is 12.6 Å². The van der Waals surface area contributed by atoms with Gasteiger partial charge in [-0.25, -0.2) is 4.79 Å². The van der Waals surface area contributed by atoms with Crippen LogP contribution in [-0.2, 0) is 16.1 Å². The minimum Gasteiger partial charge on any atom is -0.457 e. The first-order chi connectivity index (χ1) is 16.2. The molecule has 4 heteroatoms. The summed E-state index contributed by atoms with van der Waals surface area (Å²) < 4.78 is 5.55. The summed E-state index contributed by atoms with van der Waals surface area (Å²) in [5.41, 5.74) is 5.00. The third kappa shape index (κ3) is 5.09. The van der Waals surface area contributed by atoms with E-state index in [1.54, 1.807) is 24.3 Å². The molecule has 162 valence electrons. The maximum absolute atomic E-state index is 13.1. The fourth-order valence-electron chi connectivity index (χ4n) is 3.70. The van der Waals surface area contributed by atoms with E-state index in [2.05, 4.69) is 17.6 Å². The maximum Gasteiger partial charge on any atom is 0.344 e. The fraction of sp³-hybridized carbons (Fsp3) is 0.0690. The summed E-state index contributed by atoms with van der Waals surface area (Å²) in [7, 11) is 0. The molecule has 0 unspecified atom stereocenters.